The molecule has 2 aliphatic rings. The molecule has 0 aromatic heterocycles. The zero-order valence-corrected chi connectivity index (χ0v) is 14.2. The van der Waals surface area contributed by atoms with E-state index in [1.807, 2.05) is 0 Å². The van der Waals surface area contributed by atoms with Crippen LogP contribution in [0.25, 0.3) is 0 Å². The Morgan fingerprint density at radius 2 is 1.73 bits per heavy atom. The van der Waals surface area contributed by atoms with Gasteiger partial charge in [-0.1, -0.05) is 17.7 Å². The van der Waals surface area contributed by atoms with Gasteiger partial charge in [0.15, 0.2) is 0 Å². The molecule has 0 bridgehead atoms. The number of aryl methyl sites for hydroxylation is 1. The maximum absolute atomic E-state index is 6.03. The second-order valence-electron chi connectivity index (χ2n) is 6.96. The monoisotopic (exact) mass is 303 g/mol. The maximum Gasteiger partial charge on any atom is 0.124 e. The summed E-state index contributed by atoms with van der Waals surface area (Å²) in [5.41, 5.74) is 1.28. The summed E-state index contributed by atoms with van der Waals surface area (Å²) in [6, 6.07) is 9.00. The summed E-state index contributed by atoms with van der Waals surface area (Å²) in [6.45, 7) is 12.6. The fourth-order valence-corrected chi connectivity index (χ4v) is 3.23. The van der Waals surface area contributed by atoms with Crippen molar-refractivity contribution in [3.05, 3.63) is 29.8 Å². The van der Waals surface area contributed by atoms with E-state index >= 15 is 0 Å². The lowest BCUT2D eigenvalue weighted by Crippen LogP contribution is -2.60. The molecule has 0 spiro atoms. The lowest BCUT2D eigenvalue weighted by molar-refractivity contribution is -0.0164. The van der Waals surface area contributed by atoms with E-state index in [-0.39, 0.29) is 0 Å². The molecule has 1 aromatic rings. The summed E-state index contributed by atoms with van der Waals surface area (Å²) in [5, 5.41) is 0. The maximum atomic E-state index is 6.03. The van der Waals surface area contributed by atoms with Crippen LogP contribution in [0.4, 0.5) is 0 Å². The van der Waals surface area contributed by atoms with Crippen molar-refractivity contribution in [2.75, 3.05) is 52.9 Å². The van der Waals surface area contributed by atoms with Crippen molar-refractivity contribution in [3.63, 3.8) is 0 Å². The average Bonchev–Trinajstić information content (AvgIpc) is 2.46. The van der Waals surface area contributed by atoms with Gasteiger partial charge < -0.3 is 9.64 Å². The third-order valence-corrected chi connectivity index (χ3v) is 4.94. The Hall–Kier alpha value is -1.10. The second kappa shape index (κ2) is 6.99. The number of likely N-dealkylation sites (N-methyl/N-ethyl adjacent to an activating group) is 1. The highest BCUT2D eigenvalue weighted by molar-refractivity contribution is 5.26. The van der Waals surface area contributed by atoms with Gasteiger partial charge in [0.25, 0.3) is 0 Å². The van der Waals surface area contributed by atoms with Crippen molar-refractivity contribution in [1.29, 1.82) is 0 Å². The molecule has 122 valence electrons. The summed E-state index contributed by atoms with van der Waals surface area (Å²) in [4.78, 5) is 7.55. The number of hydrogen-bond donors (Lipinski definition) is 0. The number of benzene rings is 1. The van der Waals surface area contributed by atoms with Crippen LogP contribution in [0.15, 0.2) is 24.3 Å². The van der Waals surface area contributed by atoms with Crippen LogP contribution in [-0.4, -0.2) is 79.7 Å². The fourth-order valence-electron chi connectivity index (χ4n) is 3.23. The highest BCUT2D eigenvalue weighted by atomic mass is 16.5. The number of hydrogen-bond acceptors (Lipinski definition) is 4. The van der Waals surface area contributed by atoms with Crippen molar-refractivity contribution in [2.24, 2.45) is 0 Å². The van der Waals surface area contributed by atoms with Crippen LogP contribution in [0.2, 0.25) is 0 Å². The quantitative estimate of drug-likeness (QED) is 0.824. The molecule has 0 radical (unpaired) electrons. The number of likely N-dealkylation sites (tertiary alicyclic amines) is 1. The molecule has 0 N–H and O–H groups in total. The Morgan fingerprint density at radius 1 is 1.09 bits per heavy atom. The minimum atomic E-state index is 0.359. The van der Waals surface area contributed by atoms with E-state index in [1.54, 1.807) is 0 Å². The van der Waals surface area contributed by atoms with Crippen molar-refractivity contribution in [3.8, 4) is 5.75 Å². The van der Waals surface area contributed by atoms with E-state index in [2.05, 4.69) is 59.9 Å². The molecule has 1 atom stereocenters. The van der Waals surface area contributed by atoms with Gasteiger partial charge in [-0.2, -0.15) is 0 Å². The summed E-state index contributed by atoms with van der Waals surface area (Å²) in [5.74, 6) is 1.00. The van der Waals surface area contributed by atoms with Gasteiger partial charge in [0, 0.05) is 51.9 Å². The van der Waals surface area contributed by atoms with E-state index < -0.39 is 0 Å². The first-order valence-corrected chi connectivity index (χ1v) is 8.48. The molecule has 2 aliphatic heterocycles. The van der Waals surface area contributed by atoms with E-state index in [0.717, 1.165) is 18.8 Å². The van der Waals surface area contributed by atoms with Crippen LogP contribution < -0.4 is 4.74 Å². The molecular formula is C18H29N3O. The highest BCUT2D eigenvalue weighted by Crippen LogP contribution is 2.20. The second-order valence-corrected chi connectivity index (χ2v) is 6.96. The van der Waals surface area contributed by atoms with Gasteiger partial charge in [-0.05, 0) is 33.0 Å². The van der Waals surface area contributed by atoms with Crippen molar-refractivity contribution in [2.45, 2.75) is 26.0 Å². The molecular weight excluding hydrogens is 274 g/mol. The van der Waals surface area contributed by atoms with E-state index in [0.29, 0.717) is 12.1 Å². The predicted molar refractivity (Wildman–Crippen MR) is 90.6 cm³/mol. The number of piperazine rings is 1. The Bertz CT molecular complexity index is 462. The van der Waals surface area contributed by atoms with Gasteiger partial charge in [0.2, 0.25) is 0 Å². The van der Waals surface area contributed by atoms with Crippen molar-refractivity contribution in [1.82, 2.24) is 14.7 Å². The van der Waals surface area contributed by atoms with Crippen LogP contribution in [0.1, 0.15) is 12.5 Å². The smallest absolute Gasteiger partial charge is 0.124 e. The highest BCUT2D eigenvalue weighted by Gasteiger charge is 2.32. The third-order valence-electron chi connectivity index (χ3n) is 4.94. The Morgan fingerprint density at radius 3 is 2.36 bits per heavy atom. The first-order chi connectivity index (χ1) is 10.6. The van der Waals surface area contributed by atoms with Crippen LogP contribution >= 0.6 is 0 Å². The zero-order chi connectivity index (χ0) is 15.5. The van der Waals surface area contributed by atoms with Gasteiger partial charge in [0.05, 0.1) is 0 Å². The van der Waals surface area contributed by atoms with Crippen LogP contribution in [0.3, 0.4) is 0 Å². The molecule has 4 nitrogen and oxygen atoms in total. The summed E-state index contributed by atoms with van der Waals surface area (Å²) in [6.07, 6.45) is 0.359. The fraction of sp³-hybridized carbons (Fsp3) is 0.667. The largest absolute Gasteiger partial charge is 0.488 e. The molecule has 1 aromatic carbocycles. The molecule has 2 heterocycles. The molecule has 0 aliphatic carbocycles. The molecule has 2 saturated heterocycles. The minimum absolute atomic E-state index is 0.359. The number of rotatable bonds is 5. The standard InChI is InChI=1S/C18H29N3O/c1-15-4-6-17(7-5-15)22-18-13-21(14-18)16(2)12-20-10-8-19(3)9-11-20/h4-7,16,18H,8-14H2,1-3H3/t16-/m0/s1. The third kappa shape index (κ3) is 4.00. The minimum Gasteiger partial charge on any atom is -0.488 e. The molecule has 2 fully saturated rings. The van der Waals surface area contributed by atoms with Gasteiger partial charge in [-0.15, -0.1) is 0 Å². The van der Waals surface area contributed by atoms with Crippen LogP contribution in [0, 0.1) is 6.92 Å². The summed E-state index contributed by atoms with van der Waals surface area (Å²) < 4.78 is 6.03. The Kier molecular flexibility index (Phi) is 5.01. The van der Waals surface area contributed by atoms with E-state index in [4.69, 9.17) is 4.74 Å². The van der Waals surface area contributed by atoms with E-state index in [1.165, 1.54) is 38.3 Å². The van der Waals surface area contributed by atoms with Crippen LogP contribution in [-0.2, 0) is 0 Å². The predicted octanol–water partition coefficient (Wildman–Crippen LogP) is 1.69. The SMILES string of the molecule is Cc1ccc(OC2CN([C@@H](C)CN3CCN(C)CC3)C2)cc1. The number of nitrogens with zero attached hydrogens (tertiary/aromatic N) is 3. The van der Waals surface area contributed by atoms with Crippen LogP contribution in [0.5, 0.6) is 5.75 Å². The molecule has 4 heteroatoms. The summed E-state index contributed by atoms with van der Waals surface area (Å²) >= 11 is 0. The first kappa shape index (κ1) is 15.8. The lowest BCUT2D eigenvalue weighted by Gasteiger charge is -2.45. The van der Waals surface area contributed by atoms with Gasteiger partial charge in [-0.25, -0.2) is 0 Å². The van der Waals surface area contributed by atoms with E-state index in [9.17, 15) is 0 Å². The summed E-state index contributed by atoms with van der Waals surface area (Å²) in [7, 11) is 2.21. The van der Waals surface area contributed by atoms with Crippen molar-refractivity contribution < 1.29 is 4.74 Å². The Labute approximate surface area is 134 Å². The topological polar surface area (TPSA) is 19.0 Å². The first-order valence-electron chi connectivity index (χ1n) is 8.48. The lowest BCUT2D eigenvalue weighted by atomic mass is 10.1. The normalized spacial score (nSPS) is 23.2. The van der Waals surface area contributed by atoms with Gasteiger partial charge in [0.1, 0.15) is 11.9 Å². The molecule has 22 heavy (non-hydrogen) atoms. The van der Waals surface area contributed by atoms with Gasteiger partial charge in [-0.3, -0.25) is 9.80 Å². The molecule has 3 rings (SSSR count). The molecule has 0 unspecified atom stereocenters. The molecule has 0 saturated carbocycles. The zero-order valence-electron chi connectivity index (χ0n) is 14.2. The Balaban J connectivity index is 1.38. The average molecular weight is 303 g/mol. The van der Waals surface area contributed by atoms with Gasteiger partial charge >= 0.3 is 0 Å². The number of ether oxygens (including phenoxy) is 1. The molecule has 0 amide bonds. The van der Waals surface area contributed by atoms with Crippen molar-refractivity contribution >= 4 is 0 Å².